The second-order valence-corrected chi connectivity index (χ2v) is 4.04. The second-order valence-electron chi connectivity index (χ2n) is 4.04. The van der Waals surface area contributed by atoms with E-state index < -0.39 is 5.97 Å². The zero-order chi connectivity index (χ0) is 12.8. The van der Waals surface area contributed by atoms with E-state index in [0.29, 0.717) is 6.42 Å². The van der Waals surface area contributed by atoms with Crippen molar-refractivity contribution >= 4 is 17.6 Å². The molecule has 0 atom stereocenters. The Morgan fingerprint density at radius 3 is 2.59 bits per heavy atom. The molecule has 1 amide bonds. The minimum absolute atomic E-state index is 0.0351. The van der Waals surface area contributed by atoms with E-state index in [4.69, 9.17) is 5.11 Å². The van der Waals surface area contributed by atoms with E-state index in [0.717, 1.165) is 11.3 Å². The van der Waals surface area contributed by atoms with Crippen LogP contribution >= 0.6 is 0 Å². The Morgan fingerprint density at radius 1 is 1.29 bits per heavy atom. The van der Waals surface area contributed by atoms with Crippen molar-refractivity contribution in [2.45, 2.75) is 26.2 Å². The fraction of sp³-hybridized carbons (Fsp3) is 0.385. The zero-order valence-corrected chi connectivity index (χ0v) is 10.1. The van der Waals surface area contributed by atoms with E-state index in [1.807, 2.05) is 31.2 Å². The van der Waals surface area contributed by atoms with Gasteiger partial charge in [-0.05, 0) is 31.0 Å². The Labute approximate surface area is 101 Å². The molecule has 92 valence electrons. The molecule has 4 heteroatoms. The van der Waals surface area contributed by atoms with E-state index in [-0.39, 0.29) is 18.7 Å². The Bertz CT molecular complexity index is 415. The summed E-state index contributed by atoms with van der Waals surface area (Å²) in [5.41, 5.74) is 1.93. The zero-order valence-electron chi connectivity index (χ0n) is 10.1. The summed E-state index contributed by atoms with van der Waals surface area (Å²) in [7, 11) is 1.71. The van der Waals surface area contributed by atoms with Crippen molar-refractivity contribution in [1.29, 1.82) is 0 Å². The van der Waals surface area contributed by atoms with Crippen LogP contribution in [0.15, 0.2) is 24.3 Å². The van der Waals surface area contributed by atoms with Gasteiger partial charge in [0.05, 0.1) is 0 Å². The number of carbonyl (C=O) groups excluding carboxylic acids is 1. The number of hydrogen-bond acceptors (Lipinski definition) is 2. The predicted octanol–water partition coefficient (Wildman–Crippen LogP) is 2.21. The van der Waals surface area contributed by atoms with E-state index in [2.05, 4.69) is 0 Å². The van der Waals surface area contributed by atoms with Gasteiger partial charge in [0.2, 0.25) is 5.91 Å². The van der Waals surface area contributed by atoms with Crippen molar-refractivity contribution in [1.82, 2.24) is 0 Å². The highest BCUT2D eigenvalue weighted by Crippen LogP contribution is 2.15. The monoisotopic (exact) mass is 235 g/mol. The van der Waals surface area contributed by atoms with Gasteiger partial charge in [-0.15, -0.1) is 0 Å². The molecule has 0 aliphatic heterocycles. The van der Waals surface area contributed by atoms with Crippen molar-refractivity contribution in [2.75, 3.05) is 11.9 Å². The lowest BCUT2D eigenvalue weighted by atomic mass is 10.2. The molecule has 0 radical (unpaired) electrons. The number of benzene rings is 1. The van der Waals surface area contributed by atoms with E-state index in [1.165, 1.54) is 0 Å². The third-order valence-corrected chi connectivity index (χ3v) is 2.54. The second kappa shape index (κ2) is 6.03. The number of rotatable bonds is 5. The van der Waals surface area contributed by atoms with E-state index >= 15 is 0 Å². The molecule has 1 aromatic carbocycles. The van der Waals surface area contributed by atoms with Crippen molar-refractivity contribution in [2.24, 2.45) is 0 Å². The highest BCUT2D eigenvalue weighted by Gasteiger charge is 2.11. The Hall–Kier alpha value is -1.84. The Morgan fingerprint density at radius 2 is 2.00 bits per heavy atom. The number of carboxylic acid groups (broad SMARTS) is 1. The highest BCUT2D eigenvalue weighted by atomic mass is 16.4. The van der Waals surface area contributed by atoms with Gasteiger partial charge in [-0.3, -0.25) is 9.59 Å². The molecule has 0 bridgehead atoms. The predicted molar refractivity (Wildman–Crippen MR) is 66.1 cm³/mol. The topological polar surface area (TPSA) is 57.6 Å². The normalized spacial score (nSPS) is 10.0. The maximum atomic E-state index is 11.8. The maximum Gasteiger partial charge on any atom is 0.303 e. The third-order valence-electron chi connectivity index (χ3n) is 2.54. The molecule has 0 saturated heterocycles. The van der Waals surface area contributed by atoms with Crippen molar-refractivity contribution < 1.29 is 14.7 Å². The molecule has 1 aromatic rings. The summed E-state index contributed by atoms with van der Waals surface area (Å²) in [4.78, 5) is 23.7. The largest absolute Gasteiger partial charge is 0.481 e. The number of carbonyl (C=O) groups is 2. The van der Waals surface area contributed by atoms with Crippen LogP contribution in [0, 0.1) is 6.92 Å². The van der Waals surface area contributed by atoms with Gasteiger partial charge in [0, 0.05) is 25.6 Å². The van der Waals surface area contributed by atoms with Crippen LogP contribution in [0.5, 0.6) is 0 Å². The van der Waals surface area contributed by atoms with Gasteiger partial charge >= 0.3 is 5.97 Å². The van der Waals surface area contributed by atoms with Gasteiger partial charge < -0.3 is 10.0 Å². The summed E-state index contributed by atoms with van der Waals surface area (Å²) in [6.07, 6.45) is 0.675. The molecular weight excluding hydrogens is 218 g/mol. The molecule has 0 fully saturated rings. The van der Waals surface area contributed by atoms with Crippen molar-refractivity contribution in [3.63, 3.8) is 0 Å². The van der Waals surface area contributed by atoms with Crippen molar-refractivity contribution in [3.8, 4) is 0 Å². The van der Waals surface area contributed by atoms with E-state index in [1.54, 1.807) is 11.9 Å². The van der Waals surface area contributed by atoms with Crippen LogP contribution in [0.2, 0.25) is 0 Å². The quantitative estimate of drug-likeness (QED) is 0.851. The summed E-state index contributed by atoms with van der Waals surface area (Å²) in [6, 6.07) is 7.65. The Balaban J connectivity index is 2.54. The molecule has 0 unspecified atom stereocenters. The van der Waals surface area contributed by atoms with Crippen LogP contribution < -0.4 is 4.90 Å². The van der Waals surface area contributed by atoms with Crippen LogP contribution in [0.4, 0.5) is 5.69 Å². The minimum Gasteiger partial charge on any atom is -0.481 e. The number of anilines is 1. The van der Waals surface area contributed by atoms with Gasteiger partial charge in [-0.1, -0.05) is 12.1 Å². The molecule has 17 heavy (non-hydrogen) atoms. The smallest absolute Gasteiger partial charge is 0.303 e. The molecule has 4 nitrogen and oxygen atoms in total. The number of hydrogen-bond donors (Lipinski definition) is 1. The lowest BCUT2D eigenvalue weighted by Gasteiger charge is -2.17. The Kier molecular flexibility index (Phi) is 4.69. The molecular formula is C13H17NO3. The lowest BCUT2D eigenvalue weighted by Crippen LogP contribution is -2.26. The van der Waals surface area contributed by atoms with Gasteiger partial charge in [0.1, 0.15) is 0 Å². The third kappa shape index (κ3) is 4.26. The first-order valence-electron chi connectivity index (χ1n) is 5.55. The number of carboxylic acids is 1. The van der Waals surface area contributed by atoms with Crippen LogP contribution in [0.3, 0.4) is 0 Å². The SMILES string of the molecule is Cc1cccc(N(C)C(=O)CCCC(=O)O)c1. The standard InChI is InChI=1S/C13H17NO3/c1-10-5-3-6-11(9-10)14(2)12(15)7-4-8-13(16)17/h3,5-6,9H,4,7-8H2,1-2H3,(H,16,17). The first kappa shape index (κ1) is 13.2. The van der Waals surface area contributed by atoms with E-state index in [9.17, 15) is 9.59 Å². The summed E-state index contributed by atoms with van der Waals surface area (Å²) in [5.74, 6) is -0.923. The fourth-order valence-electron chi connectivity index (χ4n) is 1.54. The summed E-state index contributed by atoms with van der Waals surface area (Å²) >= 11 is 0. The molecule has 0 saturated carbocycles. The fourth-order valence-corrected chi connectivity index (χ4v) is 1.54. The molecule has 0 heterocycles. The van der Waals surface area contributed by atoms with Gasteiger partial charge in [0.25, 0.3) is 0 Å². The number of aryl methyl sites for hydroxylation is 1. The maximum absolute atomic E-state index is 11.8. The average molecular weight is 235 g/mol. The molecule has 0 aliphatic carbocycles. The van der Waals surface area contributed by atoms with Crippen molar-refractivity contribution in [3.05, 3.63) is 29.8 Å². The van der Waals surface area contributed by atoms with Gasteiger partial charge in [-0.2, -0.15) is 0 Å². The highest BCUT2D eigenvalue weighted by molar-refractivity contribution is 5.92. The van der Waals surface area contributed by atoms with Gasteiger partial charge in [-0.25, -0.2) is 0 Å². The molecule has 1 rings (SSSR count). The average Bonchev–Trinajstić information content (AvgIpc) is 2.27. The summed E-state index contributed by atoms with van der Waals surface area (Å²) < 4.78 is 0. The molecule has 0 aromatic heterocycles. The number of nitrogens with zero attached hydrogens (tertiary/aromatic N) is 1. The lowest BCUT2D eigenvalue weighted by molar-refractivity contribution is -0.137. The van der Waals surface area contributed by atoms with Crippen LogP contribution in [-0.2, 0) is 9.59 Å². The summed E-state index contributed by atoms with van der Waals surface area (Å²) in [5, 5.41) is 8.49. The summed E-state index contributed by atoms with van der Waals surface area (Å²) in [6.45, 7) is 1.96. The first-order chi connectivity index (χ1) is 8.00. The number of amides is 1. The minimum atomic E-state index is -0.865. The van der Waals surface area contributed by atoms with Crippen LogP contribution in [-0.4, -0.2) is 24.0 Å². The van der Waals surface area contributed by atoms with Crippen LogP contribution in [0.1, 0.15) is 24.8 Å². The molecule has 0 spiro atoms. The van der Waals surface area contributed by atoms with Gasteiger partial charge in [0.15, 0.2) is 0 Å². The number of aliphatic carboxylic acids is 1. The molecule has 0 aliphatic rings. The first-order valence-corrected chi connectivity index (χ1v) is 5.55. The van der Waals surface area contributed by atoms with Crippen LogP contribution in [0.25, 0.3) is 0 Å². The molecule has 1 N–H and O–H groups in total.